The molecule has 140 valence electrons. The molecule has 7 heteroatoms. The van der Waals surface area contributed by atoms with Crippen LogP contribution in [0.1, 0.15) is 33.1 Å². The molecule has 2 amide bonds. The van der Waals surface area contributed by atoms with Crippen LogP contribution in [0.25, 0.3) is 0 Å². The molecule has 1 fully saturated rings. The van der Waals surface area contributed by atoms with E-state index in [1.165, 1.54) is 6.92 Å². The van der Waals surface area contributed by atoms with Crippen LogP contribution in [0.4, 0.5) is 11.4 Å². The molecule has 1 aromatic carbocycles. The summed E-state index contributed by atoms with van der Waals surface area (Å²) in [5.41, 5.74) is 1.20. The van der Waals surface area contributed by atoms with Crippen molar-refractivity contribution in [2.75, 3.05) is 30.8 Å². The number of piperidine rings is 1. The summed E-state index contributed by atoms with van der Waals surface area (Å²) in [5, 5.41) is 8.97. The standard InChI is InChI=1S/C18H27N3O3.ClH/c1-12(14-6-8-19-9-7-14)10-18(23)21-16-11-15(20-13(2)22)4-5-17(16)24-3;/h4-5,11-12,14,19H,6-10H2,1-3H3,(H,20,22)(H,21,23);1H. The molecule has 0 spiro atoms. The number of rotatable bonds is 6. The summed E-state index contributed by atoms with van der Waals surface area (Å²) >= 11 is 0. The molecule has 1 aliphatic rings. The van der Waals surface area contributed by atoms with E-state index in [0.29, 0.717) is 35.4 Å². The van der Waals surface area contributed by atoms with Crippen LogP contribution in [0.15, 0.2) is 18.2 Å². The van der Waals surface area contributed by atoms with Crippen molar-refractivity contribution in [3.8, 4) is 5.75 Å². The van der Waals surface area contributed by atoms with Crippen LogP contribution in [-0.2, 0) is 9.59 Å². The maximum absolute atomic E-state index is 12.4. The zero-order valence-electron chi connectivity index (χ0n) is 15.1. The molecule has 0 bridgehead atoms. The van der Waals surface area contributed by atoms with E-state index in [1.807, 2.05) is 0 Å². The fourth-order valence-corrected chi connectivity index (χ4v) is 3.16. The topological polar surface area (TPSA) is 79.5 Å². The van der Waals surface area contributed by atoms with Crippen molar-refractivity contribution < 1.29 is 14.3 Å². The molecule has 25 heavy (non-hydrogen) atoms. The SMILES string of the molecule is COc1ccc(NC(C)=O)cc1NC(=O)CC(C)C1CCNCC1.Cl. The van der Waals surface area contributed by atoms with Gasteiger partial charge in [0.1, 0.15) is 5.75 Å². The third-order valence-electron chi connectivity index (χ3n) is 4.49. The third kappa shape index (κ3) is 6.55. The highest BCUT2D eigenvalue weighted by Gasteiger charge is 2.22. The number of ether oxygens (including phenoxy) is 1. The van der Waals surface area contributed by atoms with Crippen molar-refractivity contribution in [2.24, 2.45) is 11.8 Å². The lowest BCUT2D eigenvalue weighted by atomic mass is 9.84. The van der Waals surface area contributed by atoms with Crippen LogP contribution in [0.5, 0.6) is 5.75 Å². The van der Waals surface area contributed by atoms with Crippen LogP contribution in [0.2, 0.25) is 0 Å². The van der Waals surface area contributed by atoms with Crippen molar-refractivity contribution in [1.82, 2.24) is 5.32 Å². The van der Waals surface area contributed by atoms with Gasteiger partial charge < -0.3 is 20.7 Å². The molecule has 1 saturated heterocycles. The Morgan fingerprint density at radius 1 is 1.28 bits per heavy atom. The number of methoxy groups -OCH3 is 1. The average molecular weight is 370 g/mol. The van der Waals surface area contributed by atoms with E-state index >= 15 is 0 Å². The summed E-state index contributed by atoms with van der Waals surface area (Å²) in [6.45, 7) is 5.65. The van der Waals surface area contributed by atoms with E-state index in [9.17, 15) is 9.59 Å². The first-order valence-electron chi connectivity index (χ1n) is 8.45. The monoisotopic (exact) mass is 369 g/mol. The third-order valence-corrected chi connectivity index (χ3v) is 4.49. The van der Waals surface area contributed by atoms with Crippen molar-refractivity contribution >= 4 is 35.6 Å². The first-order chi connectivity index (χ1) is 11.5. The van der Waals surface area contributed by atoms with Gasteiger partial charge in [0, 0.05) is 19.0 Å². The van der Waals surface area contributed by atoms with E-state index in [2.05, 4.69) is 22.9 Å². The highest BCUT2D eigenvalue weighted by Crippen LogP contribution is 2.29. The fourth-order valence-electron chi connectivity index (χ4n) is 3.16. The molecular formula is C18H28ClN3O3. The molecule has 1 aliphatic heterocycles. The van der Waals surface area contributed by atoms with Crippen LogP contribution in [0, 0.1) is 11.8 Å². The highest BCUT2D eigenvalue weighted by atomic mass is 35.5. The van der Waals surface area contributed by atoms with Crippen molar-refractivity contribution in [3.63, 3.8) is 0 Å². The Balaban J connectivity index is 0.00000312. The minimum absolute atomic E-state index is 0. The number of hydrogen-bond acceptors (Lipinski definition) is 4. The lowest BCUT2D eigenvalue weighted by Gasteiger charge is -2.28. The summed E-state index contributed by atoms with van der Waals surface area (Å²) in [4.78, 5) is 23.6. The second-order valence-corrected chi connectivity index (χ2v) is 6.41. The lowest BCUT2D eigenvalue weighted by Crippen LogP contribution is -2.32. The number of amides is 2. The summed E-state index contributed by atoms with van der Waals surface area (Å²) in [7, 11) is 1.56. The van der Waals surface area contributed by atoms with Crippen molar-refractivity contribution in [2.45, 2.75) is 33.1 Å². The van der Waals surface area contributed by atoms with E-state index < -0.39 is 0 Å². The number of anilines is 2. The molecule has 2 rings (SSSR count). The van der Waals surface area contributed by atoms with E-state index in [0.717, 1.165) is 25.9 Å². The highest BCUT2D eigenvalue weighted by molar-refractivity contribution is 5.95. The van der Waals surface area contributed by atoms with Gasteiger partial charge >= 0.3 is 0 Å². The molecule has 0 aliphatic carbocycles. The van der Waals surface area contributed by atoms with Gasteiger partial charge in [0.25, 0.3) is 0 Å². The minimum Gasteiger partial charge on any atom is -0.495 e. The van der Waals surface area contributed by atoms with Gasteiger partial charge in [-0.2, -0.15) is 0 Å². The molecule has 0 aromatic heterocycles. The number of nitrogens with one attached hydrogen (secondary N) is 3. The van der Waals surface area contributed by atoms with Gasteiger partial charge in [-0.3, -0.25) is 9.59 Å². The van der Waals surface area contributed by atoms with E-state index in [1.54, 1.807) is 25.3 Å². The minimum atomic E-state index is -0.156. The Morgan fingerprint density at radius 3 is 2.56 bits per heavy atom. The molecule has 1 unspecified atom stereocenters. The van der Waals surface area contributed by atoms with Crippen LogP contribution >= 0.6 is 12.4 Å². The summed E-state index contributed by atoms with van der Waals surface area (Å²) in [5.74, 6) is 1.32. The van der Waals surface area contributed by atoms with Gasteiger partial charge in [-0.05, 0) is 56.0 Å². The van der Waals surface area contributed by atoms with Gasteiger partial charge in [-0.1, -0.05) is 6.92 Å². The van der Waals surface area contributed by atoms with Gasteiger partial charge in [-0.15, -0.1) is 12.4 Å². The molecule has 1 heterocycles. The number of carbonyl (C=O) groups excluding carboxylic acids is 2. The number of hydrogen-bond donors (Lipinski definition) is 3. The fraction of sp³-hybridized carbons (Fsp3) is 0.556. The zero-order chi connectivity index (χ0) is 17.5. The van der Waals surface area contributed by atoms with Crippen molar-refractivity contribution in [1.29, 1.82) is 0 Å². The number of carbonyl (C=O) groups is 2. The largest absolute Gasteiger partial charge is 0.495 e. The first-order valence-corrected chi connectivity index (χ1v) is 8.45. The molecule has 6 nitrogen and oxygen atoms in total. The Bertz CT molecular complexity index is 589. The first kappa shape index (κ1) is 21.3. The van der Waals surface area contributed by atoms with Crippen molar-refractivity contribution in [3.05, 3.63) is 18.2 Å². The molecule has 3 N–H and O–H groups in total. The van der Waals surface area contributed by atoms with Crippen LogP contribution < -0.4 is 20.7 Å². The van der Waals surface area contributed by atoms with Gasteiger partial charge in [-0.25, -0.2) is 0 Å². The molecule has 0 radical (unpaired) electrons. The summed E-state index contributed by atoms with van der Waals surface area (Å²) < 4.78 is 5.29. The van der Waals surface area contributed by atoms with Crippen LogP contribution in [0.3, 0.4) is 0 Å². The quantitative estimate of drug-likeness (QED) is 0.720. The summed E-state index contributed by atoms with van der Waals surface area (Å²) in [6.07, 6.45) is 2.73. The smallest absolute Gasteiger partial charge is 0.224 e. The Hall–Kier alpha value is -1.79. The second-order valence-electron chi connectivity index (χ2n) is 6.41. The maximum Gasteiger partial charge on any atom is 0.224 e. The lowest BCUT2D eigenvalue weighted by molar-refractivity contribution is -0.117. The zero-order valence-corrected chi connectivity index (χ0v) is 15.9. The molecule has 1 atom stereocenters. The van der Waals surface area contributed by atoms with Crippen LogP contribution in [-0.4, -0.2) is 32.0 Å². The second kappa shape index (κ2) is 10.3. The normalized spacial score (nSPS) is 15.6. The average Bonchev–Trinajstić information content (AvgIpc) is 2.55. The van der Waals surface area contributed by atoms with E-state index in [4.69, 9.17) is 4.74 Å². The Kier molecular flexibility index (Phi) is 8.72. The molecular weight excluding hydrogens is 342 g/mol. The number of benzene rings is 1. The Morgan fingerprint density at radius 2 is 1.96 bits per heavy atom. The molecule has 0 saturated carbocycles. The predicted octanol–water partition coefficient (Wildman–Crippen LogP) is 3.04. The van der Waals surface area contributed by atoms with E-state index in [-0.39, 0.29) is 24.2 Å². The van der Waals surface area contributed by atoms with Gasteiger partial charge in [0.15, 0.2) is 0 Å². The predicted molar refractivity (Wildman–Crippen MR) is 103 cm³/mol. The Labute approximate surface area is 155 Å². The van der Waals surface area contributed by atoms with Gasteiger partial charge in [0.2, 0.25) is 11.8 Å². The summed E-state index contributed by atoms with van der Waals surface area (Å²) in [6, 6.07) is 5.19. The maximum atomic E-state index is 12.4. The molecule has 1 aromatic rings. The number of halogens is 1. The van der Waals surface area contributed by atoms with Gasteiger partial charge in [0.05, 0.1) is 12.8 Å².